The van der Waals surface area contributed by atoms with E-state index >= 15 is 0 Å². The van der Waals surface area contributed by atoms with Crippen LogP contribution in [-0.2, 0) is 12.3 Å². The molecule has 1 aromatic rings. The standard InChI is InChI=1S/C13H22N2S2/c1-2-7-14-8-12-9-15-13(17-12)10-16-11-5-3-4-6-11/h9,11,14H,2-8,10H2,1H3. The van der Waals surface area contributed by atoms with Crippen molar-refractivity contribution in [3.05, 3.63) is 16.1 Å². The van der Waals surface area contributed by atoms with Crippen LogP contribution in [0.2, 0.25) is 0 Å². The highest BCUT2D eigenvalue weighted by molar-refractivity contribution is 7.99. The number of thiazole rings is 1. The normalized spacial score (nSPS) is 16.8. The lowest BCUT2D eigenvalue weighted by Gasteiger charge is -2.05. The predicted molar refractivity (Wildman–Crippen MR) is 77.7 cm³/mol. The summed E-state index contributed by atoms with van der Waals surface area (Å²) in [7, 11) is 0. The van der Waals surface area contributed by atoms with E-state index in [-0.39, 0.29) is 0 Å². The van der Waals surface area contributed by atoms with Crippen molar-refractivity contribution in [2.75, 3.05) is 6.54 Å². The van der Waals surface area contributed by atoms with Crippen LogP contribution < -0.4 is 5.32 Å². The molecule has 2 nitrogen and oxygen atoms in total. The summed E-state index contributed by atoms with van der Waals surface area (Å²) in [5.41, 5.74) is 0. The van der Waals surface area contributed by atoms with Crippen molar-refractivity contribution in [2.45, 2.75) is 56.6 Å². The van der Waals surface area contributed by atoms with Gasteiger partial charge in [-0.15, -0.1) is 11.3 Å². The van der Waals surface area contributed by atoms with Crippen LogP contribution in [0.15, 0.2) is 6.20 Å². The van der Waals surface area contributed by atoms with Crippen LogP contribution >= 0.6 is 23.1 Å². The highest BCUT2D eigenvalue weighted by atomic mass is 32.2. The minimum atomic E-state index is 0.903. The van der Waals surface area contributed by atoms with Gasteiger partial charge in [-0.05, 0) is 25.8 Å². The van der Waals surface area contributed by atoms with Crippen molar-refractivity contribution in [2.24, 2.45) is 0 Å². The number of hydrogen-bond acceptors (Lipinski definition) is 4. The van der Waals surface area contributed by atoms with Gasteiger partial charge < -0.3 is 5.32 Å². The second-order valence-electron chi connectivity index (χ2n) is 4.61. The lowest BCUT2D eigenvalue weighted by Crippen LogP contribution is -2.12. The van der Waals surface area contributed by atoms with Crippen LogP contribution in [-0.4, -0.2) is 16.8 Å². The van der Waals surface area contributed by atoms with E-state index in [1.54, 1.807) is 0 Å². The van der Waals surface area contributed by atoms with Crippen LogP contribution in [0.25, 0.3) is 0 Å². The zero-order chi connectivity index (χ0) is 11.9. The summed E-state index contributed by atoms with van der Waals surface area (Å²) in [4.78, 5) is 5.89. The van der Waals surface area contributed by atoms with Crippen LogP contribution in [0.1, 0.15) is 48.9 Å². The smallest absolute Gasteiger partial charge is 0.103 e. The lowest BCUT2D eigenvalue weighted by atomic mass is 10.4. The Morgan fingerprint density at radius 1 is 1.47 bits per heavy atom. The maximum absolute atomic E-state index is 4.51. The lowest BCUT2D eigenvalue weighted by molar-refractivity contribution is 0.681. The number of thioether (sulfide) groups is 1. The average molecular weight is 270 g/mol. The fourth-order valence-electron chi connectivity index (χ4n) is 2.13. The quantitative estimate of drug-likeness (QED) is 0.763. The van der Waals surface area contributed by atoms with Crippen LogP contribution in [0.4, 0.5) is 0 Å². The second-order valence-corrected chi connectivity index (χ2v) is 7.10. The molecule has 2 rings (SSSR count). The molecule has 1 N–H and O–H groups in total. The van der Waals surface area contributed by atoms with Crippen molar-refractivity contribution in [3.63, 3.8) is 0 Å². The molecule has 0 amide bonds. The molecule has 0 radical (unpaired) electrons. The van der Waals surface area contributed by atoms with Crippen molar-refractivity contribution >= 4 is 23.1 Å². The van der Waals surface area contributed by atoms with Gasteiger partial charge in [-0.2, -0.15) is 11.8 Å². The molecule has 0 atom stereocenters. The Kier molecular flexibility index (Phi) is 5.81. The van der Waals surface area contributed by atoms with E-state index in [1.165, 1.54) is 42.0 Å². The van der Waals surface area contributed by atoms with E-state index in [4.69, 9.17) is 0 Å². The minimum absolute atomic E-state index is 0.903. The summed E-state index contributed by atoms with van der Waals surface area (Å²) in [6.45, 7) is 4.28. The van der Waals surface area contributed by atoms with E-state index in [9.17, 15) is 0 Å². The van der Waals surface area contributed by atoms with E-state index < -0.39 is 0 Å². The molecule has 1 aliphatic carbocycles. The van der Waals surface area contributed by atoms with Gasteiger partial charge in [0.25, 0.3) is 0 Å². The molecule has 1 heterocycles. The average Bonchev–Trinajstić information content (AvgIpc) is 2.98. The fourth-order valence-corrected chi connectivity index (χ4v) is 4.38. The first-order valence-corrected chi connectivity index (χ1v) is 8.51. The highest BCUT2D eigenvalue weighted by Crippen LogP contribution is 2.32. The van der Waals surface area contributed by atoms with Crippen LogP contribution in [0.3, 0.4) is 0 Å². The molecule has 0 saturated heterocycles. The van der Waals surface area contributed by atoms with Gasteiger partial charge >= 0.3 is 0 Å². The molecule has 0 unspecified atom stereocenters. The molecule has 0 bridgehead atoms. The van der Waals surface area contributed by atoms with E-state index in [0.29, 0.717) is 0 Å². The molecule has 0 spiro atoms. The first kappa shape index (κ1) is 13.4. The predicted octanol–water partition coefficient (Wildman–Crippen LogP) is 3.82. The minimum Gasteiger partial charge on any atom is -0.312 e. The summed E-state index contributed by atoms with van der Waals surface area (Å²) < 4.78 is 0. The number of aromatic nitrogens is 1. The van der Waals surface area contributed by atoms with E-state index in [2.05, 4.69) is 29.0 Å². The Balaban J connectivity index is 1.69. The largest absolute Gasteiger partial charge is 0.312 e. The summed E-state index contributed by atoms with van der Waals surface area (Å²) in [6, 6.07) is 0. The molecule has 17 heavy (non-hydrogen) atoms. The van der Waals surface area contributed by atoms with Gasteiger partial charge in [0.15, 0.2) is 0 Å². The zero-order valence-electron chi connectivity index (χ0n) is 10.6. The number of hydrogen-bond donors (Lipinski definition) is 1. The van der Waals surface area contributed by atoms with Crippen molar-refractivity contribution in [1.29, 1.82) is 0 Å². The third-order valence-electron chi connectivity index (χ3n) is 3.07. The van der Waals surface area contributed by atoms with Gasteiger partial charge in [0.05, 0.1) is 0 Å². The fraction of sp³-hybridized carbons (Fsp3) is 0.769. The van der Waals surface area contributed by atoms with Crippen molar-refractivity contribution < 1.29 is 0 Å². The second kappa shape index (κ2) is 7.39. The molecule has 4 heteroatoms. The Morgan fingerprint density at radius 3 is 3.06 bits per heavy atom. The summed E-state index contributed by atoms with van der Waals surface area (Å²) in [5, 5.41) is 5.63. The van der Waals surface area contributed by atoms with Gasteiger partial charge in [0.2, 0.25) is 0 Å². The van der Waals surface area contributed by atoms with Crippen molar-refractivity contribution in [3.8, 4) is 0 Å². The van der Waals surface area contributed by atoms with E-state index in [1.807, 2.05) is 17.5 Å². The van der Waals surface area contributed by atoms with E-state index in [0.717, 1.165) is 24.1 Å². The first-order chi connectivity index (χ1) is 8.38. The molecule has 96 valence electrons. The molecule has 1 aromatic heterocycles. The zero-order valence-corrected chi connectivity index (χ0v) is 12.2. The summed E-state index contributed by atoms with van der Waals surface area (Å²) in [5.74, 6) is 1.11. The Morgan fingerprint density at radius 2 is 2.29 bits per heavy atom. The van der Waals surface area contributed by atoms with Crippen LogP contribution in [0, 0.1) is 0 Å². The third-order valence-corrected chi connectivity index (χ3v) is 5.64. The van der Waals surface area contributed by atoms with Gasteiger partial charge in [-0.3, -0.25) is 0 Å². The molecule has 1 saturated carbocycles. The van der Waals surface area contributed by atoms with Crippen LogP contribution in [0.5, 0.6) is 0 Å². The maximum atomic E-state index is 4.51. The molecular formula is C13H22N2S2. The van der Waals surface area contributed by atoms with Gasteiger partial charge in [-0.25, -0.2) is 4.98 Å². The number of nitrogens with one attached hydrogen (secondary N) is 1. The molecule has 0 aromatic carbocycles. The topological polar surface area (TPSA) is 24.9 Å². The monoisotopic (exact) mass is 270 g/mol. The molecular weight excluding hydrogens is 248 g/mol. The Hall–Kier alpha value is -0.0600. The SMILES string of the molecule is CCCNCc1cnc(CSC2CCCC2)s1. The summed E-state index contributed by atoms with van der Waals surface area (Å²) >= 11 is 3.98. The Labute approximate surface area is 113 Å². The highest BCUT2D eigenvalue weighted by Gasteiger charge is 2.15. The number of rotatable bonds is 7. The molecule has 1 aliphatic rings. The molecule has 0 aliphatic heterocycles. The Bertz CT molecular complexity index is 319. The van der Waals surface area contributed by atoms with Gasteiger partial charge in [-0.1, -0.05) is 19.8 Å². The first-order valence-electron chi connectivity index (χ1n) is 6.64. The maximum Gasteiger partial charge on any atom is 0.103 e. The summed E-state index contributed by atoms with van der Waals surface area (Å²) in [6.07, 6.45) is 8.94. The van der Waals surface area contributed by atoms with Gasteiger partial charge in [0, 0.05) is 28.6 Å². The van der Waals surface area contributed by atoms with Crippen molar-refractivity contribution in [1.82, 2.24) is 10.3 Å². The third kappa shape index (κ3) is 4.60. The molecule has 1 fully saturated rings. The number of nitrogens with zero attached hydrogens (tertiary/aromatic N) is 1. The van der Waals surface area contributed by atoms with Gasteiger partial charge in [0.1, 0.15) is 5.01 Å².